The molecule has 2 N–H and O–H groups in total. The van der Waals surface area contributed by atoms with Crippen LogP contribution < -0.4 is 5.73 Å². The molecule has 0 saturated heterocycles. The van der Waals surface area contributed by atoms with E-state index in [0.717, 1.165) is 17.3 Å². The summed E-state index contributed by atoms with van der Waals surface area (Å²) in [6, 6.07) is 0. The van der Waals surface area contributed by atoms with Crippen LogP contribution in [0.4, 0.5) is 0 Å². The van der Waals surface area contributed by atoms with Crippen LogP contribution in [-0.2, 0) is 6.42 Å². The first-order valence-corrected chi connectivity index (χ1v) is 7.19. The Morgan fingerprint density at radius 2 is 2.44 bits per heavy atom. The number of nitrogens with zero attached hydrogens (tertiary/aromatic N) is 1. The maximum atomic E-state index is 6.53. The molecule has 1 aromatic heterocycles. The highest BCUT2D eigenvalue weighted by Crippen LogP contribution is 2.34. The van der Waals surface area contributed by atoms with Crippen LogP contribution in [0.5, 0.6) is 0 Å². The monoisotopic (exact) mass is 238 g/mol. The topological polar surface area (TPSA) is 38.9 Å². The van der Waals surface area contributed by atoms with Gasteiger partial charge < -0.3 is 5.73 Å². The zero-order chi connectivity index (χ0) is 11.6. The SMILES string of the molecule is CCC1CCCC(N)(Cc2csc(C)n2)C1. The molecule has 1 fully saturated rings. The number of thiazole rings is 1. The van der Waals surface area contributed by atoms with E-state index in [4.69, 9.17) is 5.73 Å². The lowest BCUT2D eigenvalue weighted by atomic mass is 9.73. The zero-order valence-corrected chi connectivity index (χ0v) is 11.1. The maximum absolute atomic E-state index is 6.53. The van der Waals surface area contributed by atoms with Crippen LogP contribution in [-0.4, -0.2) is 10.5 Å². The van der Waals surface area contributed by atoms with Crippen molar-refractivity contribution in [2.24, 2.45) is 11.7 Å². The van der Waals surface area contributed by atoms with Crippen molar-refractivity contribution in [1.29, 1.82) is 0 Å². The van der Waals surface area contributed by atoms with E-state index in [-0.39, 0.29) is 5.54 Å². The summed E-state index contributed by atoms with van der Waals surface area (Å²) in [5.41, 5.74) is 7.74. The van der Waals surface area contributed by atoms with Gasteiger partial charge in [0.15, 0.2) is 0 Å². The largest absolute Gasteiger partial charge is 0.325 e. The molecule has 0 aliphatic heterocycles. The molecule has 2 atom stereocenters. The van der Waals surface area contributed by atoms with Gasteiger partial charge in [-0.1, -0.05) is 26.2 Å². The van der Waals surface area contributed by atoms with E-state index in [0.29, 0.717) is 0 Å². The Kier molecular flexibility index (Phi) is 3.65. The number of aryl methyl sites for hydroxylation is 1. The second-order valence-electron chi connectivity index (χ2n) is 5.27. The zero-order valence-electron chi connectivity index (χ0n) is 10.3. The van der Waals surface area contributed by atoms with Crippen molar-refractivity contribution in [3.63, 3.8) is 0 Å². The highest BCUT2D eigenvalue weighted by Gasteiger charge is 2.32. The van der Waals surface area contributed by atoms with E-state index < -0.39 is 0 Å². The Morgan fingerprint density at radius 1 is 1.62 bits per heavy atom. The normalized spacial score (nSPS) is 30.6. The van der Waals surface area contributed by atoms with Gasteiger partial charge in [-0.2, -0.15) is 0 Å². The number of hydrogen-bond donors (Lipinski definition) is 1. The van der Waals surface area contributed by atoms with Gasteiger partial charge in [-0.3, -0.25) is 0 Å². The Hall–Kier alpha value is -0.410. The molecule has 16 heavy (non-hydrogen) atoms. The van der Waals surface area contributed by atoms with Crippen molar-refractivity contribution in [3.8, 4) is 0 Å². The molecule has 1 heterocycles. The lowest BCUT2D eigenvalue weighted by Crippen LogP contribution is -2.46. The molecule has 1 aliphatic rings. The predicted octanol–water partition coefficient (Wildman–Crippen LogP) is 3.29. The highest BCUT2D eigenvalue weighted by molar-refractivity contribution is 7.09. The van der Waals surface area contributed by atoms with E-state index in [1.165, 1.54) is 37.8 Å². The molecule has 1 saturated carbocycles. The van der Waals surface area contributed by atoms with Crippen molar-refractivity contribution in [1.82, 2.24) is 4.98 Å². The van der Waals surface area contributed by atoms with E-state index in [2.05, 4.69) is 24.2 Å². The Bertz CT molecular complexity index is 347. The molecule has 2 nitrogen and oxygen atoms in total. The fraction of sp³-hybridized carbons (Fsp3) is 0.769. The third kappa shape index (κ3) is 2.83. The Morgan fingerprint density at radius 3 is 3.06 bits per heavy atom. The average Bonchev–Trinajstić information content (AvgIpc) is 2.63. The Balaban J connectivity index is 2.01. The molecule has 2 unspecified atom stereocenters. The summed E-state index contributed by atoms with van der Waals surface area (Å²) in [6.45, 7) is 4.34. The summed E-state index contributed by atoms with van der Waals surface area (Å²) in [7, 11) is 0. The lowest BCUT2D eigenvalue weighted by molar-refractivity contribution is 0.217. The minimum Gasteiger partial charge on any atom is -0.325 e. The molecular weight excluding hydrogens is 216 g/mol. The Labute approximate surface area is 102 Å². The third-order valence-corrected chi connectivity index (χ3v) is 4.58. The van der Waals surface area contributed by atoms with Crippen molar-refractivity contribution < 1.29 is 0 Å². The quantitative estimate of drug-likeness (QED) is 0.877. The van der Waals surface area contributed by atoms with Gasteiger partial charge in [-0.15, -0.1) is 11.3 Å². The van der Waals surface area contributed by atoms with Gasteiger partial charge in [0.2, 0.25) is 0 Å². The van der Waals surface area contributed by atoms with E-state index in [1.807, 2.05) is 0 Å². The van der Waals surface area contributed by atoms with Crippen LogP contribution >= 0.6 is 11.3 Å². The van der Waals surface area contributed by atoms with Crippen molar-refractivity contribution in [2.75, 3.05) is 0 Å². The van der Waals surface area contributed by atoms with Crippen LogP contribution in [0.15, 0.2) is 5.38 Å². The minimum absolute atomic E-state index is 0.0133. The molecule has 0 amide bonds. The molecule has 3 heteroatoms. The molecular formula is C13H22N2S. The molecule has 0 aromatic carbocycles. The van der Waals surface area contributed by atoms with Gasteiger partial charge in [0, 0.05) is 17.3 Å². The summed E-state index contributed by atoms with van der Waals surface area (Å²) >= 11 is 1.73. The molecule has 90 valence electrons. The molecule has 1 aliphatic carbocycles. The van der Waals surface area contributed by atoms with Crippen molar-refractivity contribution in [2.45, 2.75) is 57.9 Å². The summed E-state index contributed by atoms with van der Waals surface area (Å²) in [4.78, 5) is 4.54. The third-order valence-electron chi connectivity index (χ3n) is 3.76. The number of hydrogen-bond acceptors (Lipinski definition) is 3. The molecule has 0 radical (unpaired) electrons. The number of nitrogens with two attached hydrogens (primary N) is 1. The summed E-state index contributed by atoms with van der Waals surface area (Å²) in [5.74, 6) is 0.832. The number of rotatable bonds is 3. The molecule has 0 spiro atoms. The predicted molar refractivity (Wildman–Crippen MR) is 69.7 cm³/mol. The van der Waals surface area contributed by atoms with Crippen LogP contribution in [0.3, 0.4) is 0 Å². The smallest absolute Gasteiger partial charge is 0.0897 e. The van der Waals surface area contributed by atoms with Crippen LogP contribution in [0, 0.1) is 12.8 Å². The highest BCUT2D eigenvalue weighted by atomic mass is 32.1. The van der Waals surface area contributed by atoms with Crippen molar-refractivity contribution >= 4 is 11.3 Å². The molecule has 0 bridgehead atoms. The van der Waals surface area contributed by atoms with Gasteiger partial charge in [-0.05, 0) is 25.7 Å². The summed E-state index contributed by atoms with van der Waals surface area (Å²) in [6.07, 6.45) is 7.24. The molecule has 2 rings (SSSR count). The maximum Gasteiger partial charge on any atom is 0.0897 e. The van der Waals surface area contributed by atoms with Gasteiger partial charge in [0.25, 0.3) is 0 Å². The lowest BCUT2D eigenvalue weighted by Gasteiger charge is -2.37. The minimum atomic E-state index is 0.0133. The van der Waals surface area contributed by atoms with E-state index in [9.17, 15) is 0 Å². The van der Waals surface area contributed by atoms with Crippen molar-refractivity contribution in [3.05, 3.63) is 16.1 Å². The van der Waals surface area contributed by atoms with Crippen LogP contribution in [0.1, 0.15) is 49.7 Å². The fourth-order valence-corrected chi connectivity index (χ4v) is 3.49. The second-order valence-corrected chi connectivity index (χ2v) is 6.33. The standard InChI is InChI=1S/C13H22N2S/c1-3-11-5-4-6-13(14,7-11)8-12-9-16-10(2)15-12/h9,11H,3-8,14H2,1-2H3. The molecule has 1 aromatic rings. The van der Waals surface area contributed by atoms with E-state index in [1.54, 1.807) is 11.3 Å². The fourth-order valence-electron chi connectivity index (χ4n) is 2.88. The van der Waals surface area contributed by atoms with Gasteiger partial charge in [0.1, 0.15) is 0 Å². The first-order chi connectivity index (χ1) is 7.61. The first kappa shape index (κ1) is 12.1. The first-order valence-electron chi connectivity index (χ1n) is 6.31. The van der Waals surface area contributed by atoms with Gasteiger partial charge in [-0.25, -0.2) is 4.98 Å². The second kappa shape index (κ2) is 4.84. The van der Waals surface area contributed by atoms with E-state index >= 15 is 0 Å². The van der Waals surface area contributed by atoms with Gasteiger partial charge >= 0.3 is 0 Å². The summed E-state index contributed by atoms with van der Waals surface area (Å²) < 4.78 is 0. The average molecular weight is 238 g/mol. The number of aromatic nitrogens is 1. The van der Waals surface area contributed by atoms with Crippen LogP contribution in [0.2, 0.25) is 0 Å². The van der Waals surface area contributed by atoms with Gasteiger partial charge in [0.05, 0.1) is 10.7 Å². The van der Waals surface area contributed by atoms with Crippen LogP contribution in [0.25, 0.3) is 0 Å². The summed E-state index contributed by atoms with van der Waals surface area (Å²) in [5, 5.41) is 3.32.